The summed E-state index contributed by atoms with van der Waals surface area (Å²) >= 11 is 1.03. The van der Waals surface area contributed by atoms with Gasteiger partial charge in [0.15, 0.2) is 0 Å². The molecule has 0 bridgehead atoms. The van der Waals surface area contributed by atoms with Gasteiger partial charge >= 0.3 is 5.97 Å². The first-order valence-electron chi connectivity index (χ1n) is 4.80. The number of imide groups is 1. The molecule has 1 heterocycles. The summed E-state index contributed by atoms with van der Waals surface area (Å²) < 4.78 is 0. The van der Waals surface area contributed by atoms with Crippen molar-refractivity contribution in [3.63, 3.8) is 0 Å². The minimum absolute atomic E-state index is 0.136. The number of unbranched alkanes of at least 4 members (excludes halogenated alkanes) is 2. The molecule has 1 aliphatic rings. The molecule has 84 valence electrons. The monoisotopic (exact) mass is 231 g/mol. The number of carbonyl (C=O) groups excluding carboxylic acids is 2. The predicted octanol–water partition coefficient (Wildman–Crippen LogP) is 1.33. The Balaban J connectivity index is 2.12. The normalized spacial score (nSPS) is 16.1. The van der Waals surface area contributed by atoms with Gasteiger partial charge in [-0.3, -0.25) is 19.3 Å². The first kappa shape index (κ1) is 12.0. The topological polar surface area (TPSA) is 74.7 Å². The Hall–Kier alpha value is -1.04. The standard InChI is InChI=1S/C9H13NO4S/c11-7-6-15-9(14)10(7)5-3-1-2-4-8(12)13/h1-6H2,(H,12,13). The number of carbonyl (C=O) groups is 3. The van der Waals surface area contributed by atoms with E-state index >= 15 is 0 Å². The summed E-state index contributed by atoms with van der Waals surface area (Å²) in [5, 5.41) is 8.20. The first-order valence-corrected chi connectivity index (χ1v) is 5.78. The van der Waals surface area contributed by atoms with Gasteiger partial charge < -0.3 is 5.11 Å². The maximum atomic E-state index is 11.1. The van der Waals surface area contributed by atoms with Crippen LogP contribution in [0.25, 0.3) is 0 Å². The lowest BCUT2D eigenvalue weighted by molar-refractivity contribution is -0.137. The van der Waals surface area contributed by atoms with Crippen LogP contribution in [0.4, 0.5) is 4.79 Å². The summed E-state index contributed by atoms with van der Waals surface area (Å²) in [6.07, 6.45) is 2.16. The van der Waals surface area contributed by atoms with Crippen molar-refractivity contribution in [2.75, 3.05) is 12.3 Å². The molecule has 6 heteroatoms. The number of thioether (sulfide) groups is 1. The molecule has 0 atom stereocenters. The summed E-state index contributed by atoms with van der Waals surface area (Å²) in [4.78, 5) is 33.7. The van der Waals surface area contributed by atoms with Crippen LogP contribution in [0.3, 0.4) is 0 Å². The highest BCUT2D eigenvalue weighted by molar-refractivity contribution is 8.14. The molecule has 0 unspecified atom stereocenters. The molecule has 0 saturated carbocycles. The first-order chi connectivity index (χ1) is 7.11. The van der Waals surface area contributed by atoms with Crippen LogP contribution in [0.2, 0.25) is 0 Å². The number of carboxylic acids is 1. The number of aliphatic carboxylic acids is 1. The Kier molecular flexibility index (Phi) is 4.61. The minimum Gasteiger partial charge on any atom is -0.481 e. The van der Waals surface area contributed by atoms with Gasteiger partial charge in [-0.25, -0.2) is 0 Å². The molecule has 15 heavy (non-hydrogen) atoms. The SMILES string of the molecule is O=C(O)CCCCCN1C(=O)CSC1=O. The molecule has 0 spiro atoms. The second-order valence-corrected chi connectivity index (χ2v) is 4.23. The molecule has 0 aromatic rings. The van der Waals surface area contributed by atoms with Gasteiger partial charge in [0.05, 0.1) is 5.75 Å². The third kappa shape index (κ3) is 3.91. The van der Waals surface area contributed by atoms with Crippen molar-refractivity contribution in [3.05, 3.63) is 0 Å². The third-order valence-corrected chi connectivity index (χ3v) is 2.97. The second-order valence-electron chi connectivity index (χ2n) is 3.30. The van der Waals surface area contributed by atoms with Crippen LogP contribution >= 0.6 is 11.8 Å². The van der Waals surface area contributed by atoms with Crippen LogP contribution in [-0.2, 0) is 9.59 Å². The van der Waals surface area contributed by atoms with Gasteiger partial charge in [0.1, 0.15) is 0 Å². The Labute approximate surface area is 91.8 Å². The molecule has 5 nitrogen and oxygen atoms in total. The highest BCUT2D eigenvalue weighted by atomic mass is 32.2. The summed E-state index contributed by atoms with van der Waals surface area (Å²) in [6, 6.07) is 0. The van der Waals surface area contributed by atoms with Crippen LogP contribution in [0, 0.1) is 0 Å². The van der Waals surface area contributed by atoms with Crippen LogP contribution in [0.15, 0.2) is 0 Å². The van der Waals surface area contributed by atoms with Crippen LogP contribution in [0.1, 0.15) is 25.7 Å². The van der Waals surface area contributed by atoms with Crippen LogP contribution in [0.5, 0.6) is 0 Å². The van der Waals surface area contributed by atoms with Gasteiger partial charge in [0, 0.05) is 13.0 Å². The Morgan fingerprint density at radius 2 is 2.07 bits per heavy atom. The van der Waals surface area contributed by atoms with Gasteiger partial charge in [-0.05, 0) is 12.8 Å². The fraction of sp³-hybridized carbons (Fsp3) is 0.667. The number of amides is 2. The predicted molar refractivity (Wildman–Crippen MR) is 55.7 cm³/mol. The third-order valence-electron chi connectivity index (χ3n) is 2.11. The van der Waals surface area contributed by atoms with Crippen molar-refractivity contribution in [3.8, 4) is 0 Å². The number of hydrogen-bond donors (Lipinski definition) is 1. The van der Waals surface area contributed by atoms with E-state index in [1.807, 2.05) is 0 Å². The molecule has 1 saturated heterocycles. The van der Waals surface area contributed by atoms with Gasteiger partial charge in [-0.1, -0.05) is 18.2 Å². The summed E-state index contributed by atoms with van der Waals surface area (Å²) in [5.41, 5.74) is 0. The Bertz CT molecular complexity index is 263. The Morgan fingerprint density at radius 1 is 1.33 bits per heavy atom. The van der Waals surface area contributed by atoms with Gasteiger partial charge in [-0.2, -0.15) is 0 Å². The van der Waals surface area contributed by atoms with E-state index in [2.05, 4.69) is 0 Å². The summed E-state index contributed by atoms with van der Waals surface area (Å²) in [7, 11) is 0. The lowest BCUT2D eigenvalue weighted by Gasteiger charge is -2.11. The van der Waals surface area contributed by atoms with Crippen molar-refractivity contribution in [2.24, 2.45) is 0 Å². The van der Waals surface area contributed by atoms with E-state index < -0.39 is 5.97 Å². The van der Waals surface area contributed by atoms with Crippen molar-refractivity contribution in [1.29, 1.82) is 0 Å². The zero-order valence-electron chi connectivity index (χ0n) is 8.27. The van der Waals surface area contributed by atoms with E-state index in [0.717, 1.165) is 18.2 Å². The summed E-state index contributed by atoms with van der Waals surface area (Å²) in [6.45, 7) is 0.421. The van der Waals surface area contributed by atoms with E-state index in [9.17, 15) is 14.4 Å². The number of rotatable bonds is 6. The van der Waals surface area contributed by atoms with Crippen molar-refractivity contribution in [2.45, 2.75) is 25.7 Å². The molecule has 1 rings (SSSR count). The molecule has 1 N–H and O–H groups in total. The number of nitrogens with zero attached hydrogens (tertiary/aromatic N) is 1. The minimum atomic E-state index is -0.807. The van der Waals surface area contributed by atoms with Gasteiger partial charge in [-0.15, -0.1) is 0 Å². The second kappa shape index (κ2) is 5.75. The molecule has 0 radical (unpaired) electrons. The molecule has 0 aliphatic carbocycles. The Morgan fingerprint density at radius 3 is 2.60 bits per heavy atom. The lowest BCUT2D eigenvalue weighted by atomic mass is 10.2. The zero-order chi connectivity index (χ0) is 11.3. The van der Waals surface area contributed by atoms with Crippen LogP contribution in [-0.4, -0.2) is 39.4 Å². The largest absolute Gasteiger partial charge is 0.481 e. The highest BCUT2D eigenvalue weighted by Gasteiger charge is 2.28. The van der Waals surface area contributed by atoms with Crippen LogP contribution < -0.4 is 0 Å². The van der Waals surface area contributed by atoms with Crippen molar-refractivity contribution >= 4 is 28.9 Å². The molecule has 0 aromatic heterocycles. The van der Waals surface area contributed by atoms with E-state index in [1.165, 1.54) is 4.90 Å². The summed E-state index contributed by atoms with van der Waals surface area (Å²) in [5.74, 6) is -0.698. The molecular weight excluding hydrogens is 218 g/mol. The van der Waals surface area contributed by atoms with Crippen molar-refractivity contribution in [1.82, 2.24) is 4.90 Å². The average molecular weight is 231 g/mol. The molecular formula is C9H13NO4S. The number of carboxylic acid groups (broad SMARTS) is 1. The van der Waals surface area contributed by atoms with Gasteiger partial charge in [0.2, 0.25) is 5.91 Å². The van der Waals surface area contributed by atoms with E-state index in [-0.39, 0.29) is 23.3 Å². The molecule has 1 fully saturated rings. The van der Waals surface area contributed by atoms with E-state index in [0.29, 0.717) is 19.4 Å². The van der Waals surface area contributed by atoms with E-state index in [4.69, 9.17) is 5.11 Å². The average Bonchev–Trinajstić information content (AvgIpc) is 2.47. The quantitative estimate of drug-likeness (QED) is 0.698. The molecule has 0 aromatic carbocycles. The maximum absolute atomic E-state index is 11.1. The van der Waals surface area contributed by atoms with E-state index in [1.54, 1.807) is 0 Å². The lowest BCUT2D eigenvalue weighted by Crippen LogP contribution is -2.29. The highest BCUT2D eigenvalue weighted by Crippen LogP contribution is 2.19. The van der Waals surface area contributed by atoms with Gasteiger partial charge in [0.25, 0.3) is 5.24 Å². The smallest absolute Gasteiger partial charge is 0.303 e. The molecule has 1 aliphatic heterocycles. The fourth-order valence-corrected chi connectivity index (χ4v) is 2.07. The maximum Gasteiger partial charge on any atom is 0.303 e. The molecule has 2 amide bonds. The number of hydrogen-bond acceptors (Lipinski definition) is 4. The fourth-order valence-electron chi connectivity index (χ4n) is 1.32. The van der Waals surface area contributed by atoms with Crippen molar-refractivity contribution < 1.29 is 19.5 Å². The zero-order valence-corrected chi connectivity index (χ0v) is 9.09.